The fourth-order valence-corrected chi connectivity index (χ4v) is 2.02. The van der Waals surface area contributed by atoms with Crippen molar-refractivity contribution in [3.63, 3.8) is 0 Å². The van der Waals surface area contributed by atoms with Gasteiger partial charge in [-0.15, -0.1) is 0 Å². The van der Waals surface area contributed by atoms with E-state index in [0.717, 1.165) is 13.1 Å². The Morgan fingerprint density at radius 3 is 2.53 bits per heavy atom. The number of hydrogen-bond acceptors (Lipinski definition) is 2. The van der Waals surface area contributed by atoms with Crippen LogP contribution < -0.4 is 5.32 Å². The van der Waals surface area contributed by atoms with Gasteiger partial charge in [0.05, 0.1) is 6.20 Å². The molecular formula is C13H20N4. The summed E-state index contributed by atoms with van der Waals surface area (Å²) in [7, 11) is 4.05. The predicted molar refractivity (Wildman–Crippen MR) is 68.6 cm³/mol. The minimum Gasteiger partial charge on any atom is -0.352 e. The fraction of sp³-hybridized carbons (Fsp3) is 0.462. The van der Waals surface area contributed by atoms with E-state index in [1.807, 2.05) is 24.1 Å². The summed E-state index contributed by atoms with van der Waals surface area (Å²) in [5, 5.41) is 7.60. The number of rotatable bonds is 4. The van der Waals surface area contributed by atoms with E-state index < -0.39 is 0 Å². The summed E-state index contributed by atoms with van der Waals surface area (Å²) in [6.45, 7) is 6.06. The Bertz CT molecular complexity index is 507. The number of aromatic nitrogens is 3. The predicted octanol–water partition coefficient (Wildman–Crippen LogP) is 1.67. The van der Waals surface area contributed by atoms with Gasteiger partial charge in [-0.1, -0.05) is 0 Å². The molecule has 2 heterocycles. The third kappa shape index (κ3) is 2.58. The number of nitrogens with one attached hydrogen (secondary N) is 1. The van der Waals surface area contributed by atoms with Crippen LogP contribution in [0.15, 0.2) is 18.5 Å². The summed E-state index contributed by atoms with van der Waals surface area (Å²) in [6, 6.07) is 2.24. The van der Waals surface area contributed by atoms with E-state index in [-0.39, 0.29) is 0 Å². The molecule has 0 bridgehead atoms. The quantitative estimate of drug-likeness (QED) is 0.870. The van der Waals surface area contributed by atoms with Gasteiger partial charge in [-0.05, 0) is 25.5 Å². The van der Waals surface area contributed by atoms with Crippen molar-refractivity contribution in [1.82, 2.24) is 19.7 Å². The van der Waals surface area contributed by atoms with Gasteiger partial charge in [0.1, 0.15) is 0 Å². The summed E-state index contributed by atoms with van der Waals surface area (Å²) in [4.78, 5) is 0. The standard InChI is InChI=1S/C13H20N4/c1-10-5-13(11(2)17(10)4)8-14-6-12-7-15-16(3)9-12/h5,7,9,14H,6,8H2,1-4H3. The maximum atomic E-state index is 4.15. The molecule has 0 saturated carbocycles. The van der Waals surface area contributed by atoms with Crippen LogP contribution >= 0.6 is 0 Å². The Hall–Kier alpha value is -1.55. The molecule has 92 valence electrons. The molecule has 17 heavy (non-hydrogen) atoms. The molecule has 0 radical (unpaired) electrons. The summed E-state index contributed by atoms with van der Waals surface area (Å²) in [5.41, 5.74) is 5.23. The Morgan fingerprint density at radius 1 is 1.24 bits per heavy atom. The van der Waals surface area contributed by atoms with Gasteiger partial charge in [-0.25, -0.2) is 0 Å². The first kappa shape index (κ1) is 11.9. The van der Waals surface area contributed by atoms with Crippen LogP contribution in [-0.4, -0.2) is 14.3 Å². The smallest absolute Gasteiger partial charge is 0.0534 e. The molecule has 2 aromatic rings. The van der Waals surface area contributed by atoms with Crippen LogP contribution in [0.3, 0.4) is 0 Å². The van der Waals surface area contributed by atoms with E-state index in [9.17, 15) is 0 Å². The van der Waals surface area contributed by atoms with Crippen molar-refractivity contribution in [3.8, 4) is 0 Å². The third-order valence-electron chi connectivity index (χ3n) is 3.28. The van der Waals surface area contributed by atoms with Gasteiger partial charge in [0.25, 0.3) is 0 Å². The van der Waals surface area contributed by atoms with E-state index in [1.54, 1.807) is 0 Å². The summed E-state index contributed by atoms with van der Waals surface area (Å²) in [6.07, 6.45) is 3.94. The SMILES string of the molecule is Cc1cc(CNCc2cnn(C)c2)c(C)n1C. The van der Waals surface area contributed by atoms with Gasteiger partial charge >= 0.3 is 0 Å². The van der Waals surface area contributed by atoms with Crippen molar-refractivity contribution in [3.05, 3.63) is 41.0 Å². The molecule has 4 nitrogen and oxygen atoms in total. The average Bonchev–Trinajstić information content (AvgIpc) is 2.80. The van der Waals surface area contributed by atoms with E-state index >= 15 is 0 Å². The van der Waals surface area contributed by atoms with Crippen LogP contribution in [0.2, 0.25) is 0 Å². The molecule has 4 heteroatoms. The van der Waals surface area contributed by atoms with Gasteiger partial charge in [0.2, 0.25) is 0 Å². The summed E-state index contributed by atoms with van der Waals surface area (Å²) < 4.78 is 4.05. The van der Waals surface area contributed by atoms with Crippen LogP contribution in [0.25, 0.3) is 0 Å². The lowest BCUT2D eigenvalue weighted by atomic mass is 10.2. The third-order valence-corrected chi connectivity index (χ3v) is 3.28. The van der Waals surface area contributed by atoms with E-state index in [1.165, 1.54) is 22.5 Å². The van der Waals surface area contributed by atoms with Gasteiger partial charge < -0.3 is 9.88 Å². The van der Waals surface area contributed by atoms with Gasteiger partial charge in [0.15, 0.2) is 0 Å². The first-order valence-corrected chi connectivity index (χ1v) is 5.88. The second kappa shape index (κ2) is 4.75. The van der Waals surface area contributed by atoms with E-state index in [4.69, 9.17) is 0 Å². The molecule has 0 unspecified atom stereocenters. The van der Waals surface area contributed by atoms with E-state index in [0.29, 0.717) is 0 Å². The highest BCUT2D eigenvalue weighted by Crippen LogP contribution is 2.12. The second-order valence-corrected chi connectivity index (χ2v) is 4.58. The first-order chi connectivity index (χ1) is 8.08. The van der Waals surface area contributed by atoms with Gasteiger partial charge in [-0.2, -0.15) is 5.10 Å². The monoisotopic (exact) mass is 232 g/mol. The maximum absolute atomic E-state index is 4.15. The highest BCUT2D eigenvalue weighted by molar-refractivity contribution is 5.26. The molecule has 0 aliphatic heterocycles. The molecule has 0 fully saturated rings. The molecule has 1 N–H and O–H groups in total. The van der Waals surface area contributed by atoms with Crippen LogP contribution in [0.4, 0.5) is 0 Å². The van der Waals surface area contributed by atoms with Crippen LogP contribution in [0.1, 0.15) is 22.5 Å². The highest BCUT2D eigenvalue weighted by atomic mass is 15.2. The van der Waals surface area contributed by atoms with Crippen molar-refractivity contribution in [2.45, 2.75) is 26.9 Å². The molecule has 0 amide bonds. The number of aryl methyl sites for hydroxylation is 2. The average molecular weight is 232 g/mol. The van der Waals surface area contributed by atoms with Crippen LogP contribution in [0, 0.1) is 13.8 Å². The van der Waals surface area contributed by atoms with Crippen molar-refractivity contribution < 1.29 is 0 Å². The Morgan fingerprint density at radius 2 is 2.00 bits per heavy atom. The number of hydrogen-bond donors (Lipinski definition) is 1. The molecule has 0 spiro atoms. The second-order valence-electron chi connectivity index (χ2n) is 4.58. The lowest BCUT2D eigenvalue weighted by Gasteiger charge is -2.04. The molecule has 0 aromatic carbocycles. The summed E-state index contributed by atoms with van der Waals surface area (Å²) in [5.74, 6) is 0. The van der Waals surface area contributed by atoms with Crippen LogP contribution in [0.5, 0.6) is 0 Å². The highest BCUT2D eigenvalue weighted by Gasteiger charge is 2.05. The first-order valence-electron chi connectivity index (χ1n) is 5.88. The van der Waals surface area contributed by atoms with Gasteiger partial charge in [-0.3, -0.25) is 4.68 Å². The molecule has 0 saturated heterocycles. The minimum atomic E-state index is 0.862. The normalized spacial score (nSPS) is 11.1. The van der Waals surface area contributed by atoms with Crippen LogP contribution in [-0.2, 0) is 27.2 Å². The zero-order valence-corrected chi connectivity index (χ0v) is 11.0. The lowest BCUT2D eigenvalue weighted by Crippen LogP contribution is -2.12. The van der Waals surface area contributed by atoms with Gasteiger partial charge in [0, 0.05) is 50.3 Å². The van der Waals surface area contributed by atoms with Crippen molar-refractivity contribution >= 4 is 0 Å². The molecule has 0 aliphatic carbocycles. The zero-order valence-electron chi connectivity index (χ0n) is 11.0. The molecule has 0 aliphatic rings. The van der Waals surface area contributed by atoms with Crippen molar-refractivity contribution in [2.24, 2.45) is 14.1 Å². The Kier molecular flexibility index (Phi) is 3.33. The largest absolute Gasteiger partial charge is 0.352 e. The Labute approximate surface area is 102 Å². The Balaban J connectivity index is 1.92. The van der Waals surface area contributed by atoms with E-state index in [2.05, 4.69) is 41.9 Å². The molecule has 2 aromatic heterocycles. The fourth-order valence-electron chi connectivity index (χ4n) is 2.02. The zero-order chi connectivity index (χ0) is 12.4. The topological polar surface area (TPSA) is 34.8 Å². The lowest BCUT2D eigenvalue weighted by molar-refractivity contribution is 0.686. The molecular weight excluding hydrogens is 212 g/mol. The van der Waals surface area contributed by atoms with Crippen molar-refractivity contribution in [1.29, 1.82) is 0 Å². The number of nitrogens with zero attached hydrogens (tertiary/aromatic N) is 3. The molecule has 0 atom stereocenters. The van der Waals surface area contributed by atoms with Crippen molar-refractivity contribution in [2.75, 3.05) is 0 Å². The molecule has 2 rings (SSSR count). The minimum absolute atomic E-state index is 0.862. The summed E-state index contributed by atoms with van der Waals surface area (Å²) >= 11 is 0. The maximum Gasteiger partial charge on any atom is 0.0534 e.